The Bertz CT molecular complexity index is 660. The third kappa shape index (κ3) is 2.71. The molecule has 0 fully saturated rings. The van der Waals surface area contributed by atoms with Gasteiger partial charge in [-0.2, -0.15) is 0 Å². The van der Waals surface area contributed by atoms with Crippen LogP contribution in [0.4, 0.5) is 11.4 Å². The SMILES string of the molecule is CCCCC1N=c2cnc3c(c2N1CC(C)C)N=CCC=3. The molecule has 1 aromatic rings. The number of nitrogens with zero attached hydrogens (tertiary/aromatic N) is 4. The van der Waals surface area contributed by atoms with Crippen molar-refractivity contribution in [3.63, 3.8) is 0 Å². The summed E-state index contributed by atoms with van der Waals surface area (Å²) in [6.45, 7) is 7.78. The fraction of sp³-hybridized carbons (Fsp3) is 0.588. The molecule has 0 spiro atoms. The Hall–Kier alpha value is -1.71. The summed E-state index contributed by atoms with van der Waals surface area (Å²) >= 11 is 0. The molecule has 1 unspecified atom stereocenters. The van der Waals surface area contributed by atoms with Gasteiger partial charge in [0, 0.05) is 19.2 Å². The molecule has 0 amide bonds. The zero-order chi connectivity index (χ0) is 14.8. The van der Waals surface area contributed by atoms with Gasteiger partial charge < -0.3 is 4.90 Å². The molecule has 0 bridgehead atoms. The molecule has 2 aliphatic heterocycles. The molecule has 1 atom stereocenters. The standard InChI is InChI=1S/C17H24N4/c1-4-5-8-15-20-14-10-19-13-7-6-9-18-16(13)17(14)21(15)11-12(2)3/h7,9-10,12,15H,4-6,8,11H2,1-3H3. The third-order valence-electron chi connectivity index (χ3n) is 3.99. The number of anilines is 1. The summed E-state index contributed by atoms with van der Waals surface area (Å²) in [7, 11) is 0. The van der Waals surface area contributed by atoms with Crippen LogP contribution in [0.15, 0.2) is 16.2 Å². The molecular formula is C17H24N4. The first-order chi connectivity index (χ1) is 10.2. The largest absolute Gasteiger partial charge is 0.346 e. The minimum Gasteiger partial charge on any atom is -0.346 e. The topological polar surface area (TPSA) is 40.9 Å². The maximum absolute atomic E-state index is 4.91. The summed E-state index contributed by atoms with van der Waals surface area (Å²) in [5.41, 5.74) is 2.21. The van der Waals surface area contributed by atoms with Crippen molar-refractivity contribution in [2.45, 2.75) is 52.6 Å². The lowest BCUT2D eigenvalue weighted by atomic mass is 10.1. The molecule has 0 aliphatic carbocycles. The average molecular weight is 284 g/mol. The van der Waals surface area contributed by atoms with Gasteiger partial charge in [-0.3, -0.25) is 15.0 Å². The van der Waals surface area contributed by atoms with Crippen molar-refractivity contribution in [3.05, 3.63) is 16.9 Å². The van der Waals surface area contributed by atoms with Crippen molar-refractivity contribution in [1.82, 2.24) is 4.98 Å². The van der Waals surface area contributed by atoms with Crippen LogP contribution in [0.25, 0.3) is 6.08 Å². The lowest BCUT2D eigenvalue weighted by Gasteiger charge is -2.29. The first kappa shape index (κ1) is 14.2. The van der Waals surface area contributed by atoms with Gasteiger partial charge in [-0.1, -0.05) is 33.3 Å². The van der Waals surface area contributed by atoms with Crippen LogP contribution in [0.5, 0.6) is 0 Å². The van der Waals surface area contributed by atoms with Gasteiger partial charge in [0.1, 0.15) is 17.2 Å². The Morgan fingerprint density at radius 2 is 2.24 bits per heavy atom. The van der Waals surface area contributed by atoms with Gasteiger partial charge in [0.05, 0.1) is 17.2 Å². The molecule has 1 aromatic heterocycles. The van der Waals surface area contributed by atoms with E-state index in [1.54, 1.807) is 0 Å². The van der Waals surface area contributed by atoms with Gasteiger partial charge in [-0.05, 0) is 18.8 Å². The van der Waals surface area contributed by atoms with Gasteiger partial charge in [0.2, 0.25) is 0 Å². The fourth-order valence-electron chi connectivity index (χ4n) is 3.05. The van der Waals surface area contributed by atoms with E-state index in [9.17, 15) is 0 Å². The van der Waals surface area contributed by atoms with Crippen molar-refractivity contribution in [2.24, 2.45) is 15.9 Å². The number of rotatable bonds is 5. The molecule has 21 heavy (non-hydrogen) atoms. The Balaban J connectivity index is 2.04. The predicted octanol–water partition coefficient (Wildman–Crippen LogP) is 2.58. The number of hydrogen-bond donors (Lipinski definition) is 0. The van der Waals surface area contributed by atoms with Crippen molar-refractivity contribution in [3.8, 4) is 0 Å². The number of aliphatic imine (C=N–C) groups is 1. The van der Waals surface area contributed by atoms with E-state index >= 15 is 0 Å². The number of hydrogen-bond acceptors (Lipinski definition) is 4. The molecule has 112 valence electrons. The van der Waals surface area contributed by atoms with Crippen molar-refractivity contribution < 1.29 is 0 Å². The summed E-state index contributed by atoms with van der Waals surface area (Å²) < 4.78 is 0. The van der Waals surface area contributed by atoms with Crippen LogP contribution in [0, 0.1) is 5.92 Å². The van der Waals surface area contributed by atoms with E-state index in [0.717, 1.165) is 35.8 Å². The molecular weight excluding hydrogens is 260 g/mol. The zero-order valence-electron chi connectivity index (χ0n) is 13.2. The smallest absolute Gasteiger partial charge is 0.122 e. The minimum absolute atomic E-state index is 0.257. The maximum Gasteiger partial charge on any atom is 0.122 e. The van der Waals surface area contributed by atoms with Crippen LogP contribution in [0.2, 0.25) is 0 Å². The summed E-state index contributed by atoms with van der Waals surface area (Å²) in [4.78, 5) is 16.5. The lowest BCUT2D eigenvalue weighted by Crippen LogP contribution is -2.35. The van der Waals surface area contributed by atoms with E-state index in [2.05, 4.69) is 41.7 Å². The number of pyridine rings is 1. The van der Waals surface area contributed by atoms with Crippen LogP contribution in [-0.4, -0.2) is 23.9 Å². The summed E-state index contributed by atoms with van der Waals surface area (Å²) in [6, 6.07) is 0. The zero-order valence-corrected chi connectivity index (χ0v) is 13.2. The van der Waals surface area contributed by atoms with Gasteiger partial charge in [-0.15, -0.1) is 0 Å². The second-order valence-electron chi connectivity index (χ2n) is 6.28. The molecule has 0 N–H and O–H groups in total. The third-order valence-corrected chi connectivity index (χ3v) is 3.99. The van der Waals surface area contributed by atoms with Crippen molar-refractivity contribution in [1.29, 1.82) is 0 Å². The number of unbranched alkanes of at least 4 members (excludes halogenated alkanes) is 1. The molecule has 4 heteroatoms. The average Bonchev–Trinajstić information content (AvgIpc) is 2.82. The molecule has 3 rings (SSSR count). The molecule has 0 saturated heterocycles. The van der Waals surface area contributed by atoms with E-state index < -0.39 is 0 Å². The van der Waals surface area contributed by atoms with E-state index in [0.29, 0.717) is 5.92 Å². The van der Waals surface area contributed by atoms with Crippen LogP contribution in [0.3, 0.4) is 0 Å². The van der Waals surface area contributed by atoms with Crippen LogP contribution >= 0.6 is 0 Å². The molecule has 2 aliphatic rings. The molecule has 0 saturated carbocycles. The summed E-state index contributed by atoms with van der Waals surface area (Å²) in [6.07, 6.45) is 10.7. The normalized spacial score (nSPS) is 19.2. The Morgan fingerprint density at radius 3 is 3.00 bits per heavy atom. The highest BCUT2D eigenvalue weighted by Gasteiger charge is 2.28. The van der Waals surface area contributed by atoms with Crippen molar-refractivity contribution in [2.75, 3.05) is 11.4 Å². The first-order valence-electron chi connectivity index (χ1n) is 8.07. The Morgan fingerprint density at radius 1 is 1.38 bits per heavy atom. The van der Waals surface area contributed by atoms with Crippen molar-refractivity contribution >= 4 is 23.7 Å². The Labute approximate surface area is 126 Å². The molecule has 3 heterocycles. The summed E-state index contributed by atoms with van der Waals surface area (Å²) in [5, 5.41) is 2.03. The Kier molecular flexibility index (Phi) is 4.04. The quantitative estimate of drug-likeness (QED) is 0.834. The monoisotopic (exact) mass is 284 g/mol. The fourth-order valence-corrected chi connectivity index (χ4v) is 3.05. The van der Waals surface area contributed by atoms with E-state index in [4.69, 9.17) is 4.99 Å². The van der Waals surface area contributed by atoms with E-state index in [-0.39, 0.29) is 6.17 Å². The van der Waals surface area contributed by atoms with Crippen LogP contribution in [-0.2, 0) is 0 Å². The van der Waals surface area contributed by atoms with Crippen LogP contribution in [0.1, 0.15) is 46.5 Å². The first-order valence-corrected chi connectivity index (χ1v) is 8.07. The highest BCUT2D eigenvalue weighted by atomic mass is 15.3. The minimum atomic E-state index is 0.257. The second-order valence-corrected chi connectivity index (χ2v) is 6.28. The predicted molar refractivity (Wildman–Crippen MR) is 87.7 cm³/mol. The van der Waals surface area contributed by atoms with E-state index in [1.165, 1.54) is 18.5 Å². The number of aromatic nitrogens is 1. The van der Waals surface area contributed by atoms with Gasteiger partial charge in [-0.25, -0.2) is 0 Å². The van der Waals surface area contributed by atoms with Gasteiger partial charge in [0.25, 0.3) is 0 Å². The highest BCUT2D eigenvalue weighted by Crippen LogP contribution is 2.30. The summed E-state index contributed by atoms with van der Waals surface area (Å²) in [5.74, 6) is 0.607. The van der Waals surface area contributed by atoms with Crippen LogP contribution < -0.4 is 15.6 Å². The molecule has 0 radical (unpaired) electrons. The second kappa shape index (κ2) is 5.96. The van der Waals surface area contributed by atoms with E-state index in [1.807, 2.05) is 12.4 Å². The van der Waals surface area contributed by atoms with Gasteiger partial charge >= 0.3 is 0 Å². The highest BCUT2D eigenvalue weighted by molar-refractivity contribution is 5.79. The lowest BCUT2D eigenvalue weighted by molar-refractivity contribution is 0.512. The van der Waals surface area contributed by atoms with Gasteiger partial charge in [0.15, 0.2) is 0 Å². The molecule has 0 aromatic carbocycles. The maximum atomic E-state index is 4.91. The molecule has 4 nitrogen and oxygen atoms in total. The number of fused-ring (bicyclic) bond motifs is 3.